The van der Waals surface area contributed by atoms with Gasteiger partial charge in [0.15, 0.2) is 0 Å². The molecule has 5 nitrogen and oxygen atoms in total. The molecule has 5 rings (SSSR count). The largest absolute Gasteiger partial charge is 0.392 e. The number of aromatic nitrogens is 3. The fraction of sp³-hybridized carbons (Fsp3) is 0.423. The Hall–Kier alpha value is -2.77. The van der Waals surface area contributed by atoms with Crippen LogP contribution in [0, 0.1) is 6.92 Å². The van der Waals surface area contributed by atoms with Crippen LogP contribution >= 0.6 is 0 Å². The number of halogens is 2. The van der Waals surface area contributed by atoms with Gasteiger partial charge in [-0.3, -0.25) is 0 Å². The van der Waals surface area contributed by atoms with Gasteiger partial charge in [0.1, 0.15) is 5.82 Å². The molecule has 2 aromatic carbocycles. The monoisotopic (exact) mass is 453 g/mol. The minimum atomic E-state index is -2.67. The molecule has 4 aromatic rings. The molecule has 0 saturated heterocycles. The van der Waals surface area contributed by atoms with E-state index < -0.39 is 5.92 Å². The third-order valence-corrected chi connectivity index (χ3v) is 7.00. The van der Waals surface area contributed by atoms with Gasteiger partial charge in [-0.05, 0) is 61.2 Å². The molecule has 7 heteroatoms. The molecule has 0 unspecified atom stereocenters. The number of hydrogen-bond acceptors (Lipinski definition) is 3. The first kappa shape index (κ1) is 22.0. The molecule has 0 amide bonds. The van der Waals surface area contributed by atoms with Gasteiger partial charge < -0.3 is 19.0 Å². The van der Waals surface area contributed by atoms with E-state index in [0.29, 0.717) is 19.6 Å². The standard InChI is InChI=1S/C26H29F2N3O2/c1-4-30-21-7-5-17(13-19(21)20-14-26(27,28)10-9-22(20)30)25-29-24-16(2)18(15-32)6-8-23(24)31(25)11-12-33-3/h5-8,13,32H,4,9-12,14-15H2,1-3H3. The number of aliphatic hydroxyl groups is 1. The van der Waals surface area contributed by atoms with E-state index in [2.05, 4.69) is 16.1 Å². The Morgan fingerprint density at radius 3 is 2.67 bits per heavy atom. The van der Waals surface area contributed by atoms with Crippen molar-refractivity contribution in [3.8, 4) is 11.4 Å². The Morgan fingerprint density at radius 1 is 1.15 bits per heavy atom. The van der Waals surface area contributed by atoms with Crippen LogP contribution in [-0.2, 0) is 37.3 Å². The molecule has 1 aliphatic rings. The lowest BCUT2D eigenvalue weighted by Crippen LogP contribution is -2.26. The van der Waals surface area contributed by atoms with Gasteiger partial charge in [-0.1, -0.05) is 6.07 Å². The molecular formula is C26H29F2N3O2. The number of hydrogen-bond donors (Lipinski definition) is 1. The number of fused-ring (bicyclic) bond motifs is 4. The van der Waals surface area contributed by atoms with Crippen LogP contribution in [0.25, 0.3) is 33.3 Å². The van der Waals surface area contributed by atoms with E-state index in [-0.39, 0.29) is 19.4 Å². The van der Waals surface area contributed by atoms with Crippen molar-refractivity contribution < 1.29 is 18.6 Å². The summed E-state index contributed by atoms with van der Waals surface area (Å²) in [6, 6.07) is 10.0. The van der Waals surface area contributed by atoms with Crippen LogP contribution in [0.2, 0.25) is 0 Å². The highest BCUT2D eigenvalue weighted by molar-refractivity contribution is 5.91. The maximum atomic E-state index is 14.3. The van der Waals surface area contributed by atoms with Crippen molar-refractivity contribution in [3.63, 3.8) is 0 Å². The summed E-state index contributed by atoms with van der Waals surface area (Å²) in [5, 5.41) is 10.6. The topological polar surface area (TPSA) is 52.2 Å². The zero-order valence-corrected chi connectivity index (χ0v) is 19.3. The quantitative estimate of drug-likeness (QED) is 0.434. The van der Waals surface area contributed by atoms with Crippen molar-refractivity contribution in [1.82, 2.24) is 14.1 Å². The summed E-state index contributed by atoms with van der Waals surface area (Å²) >= 11 is 0. The number of methoxy groups -OCH3 is 1. The van der Waals surface area contributed by atoms with E-state index in [4.69, 9.17) is 9.72 Å². The van der Waals surface area contributed by atoms with E-state index in [1.807, 2.05) is 37.3 Å². The molecule has 0 spiro atoms. The molecule has 0 aliphatic heterocycles. The Labute approximate surface area is 191 Å². The highest BCUT2D eigenvalue weighted by Gasteiger charge is 2.37. The third kappa shape index (κ3) is 3.54. The predicted octanol–water partition coefficient (Wildman–Crippen LogP) is 5.25. The second-order valence-electron chi connectivity index (χ2n) is 8.89. The van der Waals surface area contributed by atoms with Crippen LogP contribution in [0.4, 0.5) is 8.78 Å². The van der Waals surface area contributed by atoms with Crippen molar-refractivity contribution in [3.05, 3.63) is 52.7 Å². The SMILES string of the molecule is CCn1c2c(c3cc(-c4nc5c(C)c(CO)ccc5n4CCOC)ccc31)CC(F)(F)CC2. The van der Waals surface area contributed by atoms with Gasteiger partial charge in [0.05, 0.1) is 24.2 Å². The van der Waals surface area contributed by atoms with Gasteiger partial charge in [0.25, 0.3) is 5.92 Å². The van der Waals surface area contributed by atoms with Crippen LogP contribution in [0.1, 0.15) is 35.7 Å². The third-order valence-electron chi connectivity index (χ3n) is 7.00. The van der Waals surface area contributed by atoms with Gasteiger partial charge in [0, 0.05) is 55.2 Å². The van der Waals surface area contributed by atoms with Crippen molar-refractivity contribution in [2.75, 3.05) is 13.7 Å². The minimum absolute atomic E-state index is 0.0428. The number of ether oxygens (including phenoxy) is 1. The summed E-state index contributed by atoms with van der Waals surface area (Å²) in [6.07, 6.45) is 0.0898. The Morgan fingerprint density at radius 2 is 1.94 bits per heavy atom. The van der Waals surface area contributed by atoms with E-state index in [1.165, 1.54) is 0 Å². The molecule has 0 radical (unpaired) electrons. The zero-order chi connectivity index (χ0) is 23.3. The highest BCUT2D eigenvalue weighted by atomic mass is 19.3. The summed E-state index contributed by atoms with van der Waals surface area (Å²) in [4.78, 5) is 4.96. The Kier molecular flexibility index (Phi) is 5.49. The Bertz CT molecular complexity index is 1350. The number of alkyl halides is 2. The summed E-state index contributed by atoms with van der Waals surface area (Å²) in [7, 11) is 1.67. The van der Waals surface area contributed by atoms with E-state index in [1.54, 1.807) is 7.11 Å². The summed E-state index contributed by atoms with van der Waals surface area (Å²) in [5.74, 6) is -1.89. The fourth-order valence-electron chi connectivity index (χ4n) is 5.28. The number of nitrogens with zero attached hydrogens (tertiary/aromatic N) is 3. The average Bonchev–Trinajstić information content (AvgIpc) is 3.32. The summed E-state index contributed by atoms with van der Waals surface area (Å²) in [6.45, 7) is 5.88. The van der Waals surface area contributed by atoms with Crippen LogP contribution < -0.4 is 0 Å². The number of imidazole rings is 1. The second kappa shape index (κ2) is 8.22. The van der Waals surface area contributed by atoms with Gasteiger partial charge in [-0.15, -0.1) is 0 Å². The number of aliphatic hydroxyl groups excluding tert-OH is 1. The molecule has 1 N–H and O–H groups in total. The molecule has 1 aliphatic carbocycles. The first-order valence-corrected chi connectivity index (χ1v) is 11.5. The molecular weight excluding hydrogens is 424 g/mol. The van der Waals surface area contributed by atoms with Crippen molar-refractivity contribution in [1.29, 1.82) is 0 Å². The number of benzene rings is 2. The smallest absolute Gasteiger partial charge is 0.252 e. The fourth-order valence-corrected chi connectivity index (χ4v) is 5.28. The molecule has 2 aromatic heterocycles. The molecule has 0 bridgehead atoms. The molecule has 0 fully saturated rings. The van der Waals surface area contributed by atoms with Crippen molar-refractivity contribution >= 4 is 21.9 Å². The van der Waals surface area contributed by atoms with Crippen LogP contribution in [0.15, 0.2) is 30.3 Å². The minimum Gasteiger partial charge on any atom is -0.392 e. The maximum Gasteiger partial charge on any atom is 0.252 e. The van der Waals surface area contributed by atoms with Gasteiger partial charge in [0.2, 0.25) is 0 Å². The number of aryl methyl sites for hydroxylation is 2. The maximum absolute atomic E-state index is 14.3. The molecule has 0 atom stereocenters. The lowest BCUT2D eigenvalue weighted by Gasteiger charge is -2.23. The summed E-state index contributed by atoms with van der Waals surface area (Å²) < 4.78 is 38.3. The average molecular weight is 454 g/mol. The summed E-state index contributed by atoms with van der Waals surface area (Å²) in [5.41, 5.74) is 7.30. The first-order chi connectivity index (χ1) is 15.9. The zero-order valence-electron chi connectivity index (χ0n) is 19.3. The molecule has 0 saturated carbocycles. The lowest BCUT2D eigenvalue weighted by atomic mass is 9.92. The first-order valence-electron chi connectivity index (χ1n) is 11.5. The van der Waals surface area contributed by atoms with Gasteiger partial charge >= 0.3 is 0 Å². The lowest BCUT2D eigenvalue weighted by molar-refractivity contribution is -0.0125. The predicted molar refractivity (Wildman–Crippen MR) is 126 cm³/mol. The van der Waals surface area contributed by atoms with Gasteiger partial charge in [-0.25, -0.2) is 13.8 Å². The Balaban J connectivity index is 1.73. The molecule has 33 heavy (non-hydrogen) atoms. The highest BCUT2D eigenvalue weighted by Crippen LogP contribution is 2.40. The van der Waals surface area contributed by atoms with E-state index >= 15 is 0 Å². The number of rotatable bonds is 6. The normalized spacial score (nSPS) is 15.5. The van der Waals surface area contributed by atoms with Crippen molar-refractivity contribution in [2.24, 2.45) is 0 Å². The molecule has 174 valence electrons. The van der Waals surface area contributed by atoms with Gasteiger partial charge in [-0.2, -0.15) is 0 Å². The second-order valence-corrected chi connectivity index (χ2v) is 8.89. The van der Waals surface area contributed by atoms with Crippen molar-refractivity contribution in [2.45, 2.75) is 58.7 Å². The van der Waals surface area contributed by atoms with Crippen LogP contribution in [-0.4, -0.2) is 38.9 Å². The van der Waals surface area contributed by atoms with E-state index in [0.717, 1.165) is 62.3 Å². The van der Waals surface area contributed by atoms with Crippen LogP contribution in [0.3, 0.4) is 0 Å². The van der Waals surface area contributed by atoms with E-state index in [9.17, 15) is 13.9 Å². The van der Waals surface area contributed by atoms with Crippen LogP contribution in [0.5, 0.6) is 0 Å². The molecule has 2 heterocycles.